The Morgan fingerprint density at radius 3 is 2.94 bits per heavy atom. The minimum Gasteiger partial charge on any atom is -0.467 e. The van der Waals surface area contributed by atoms with Gasteiger partial charge >= 0.3 is 6.01 Å². The second kappa shape index (κ2) is 5.64. The smallest absolute Gasteiger partial charge is 0.322 e. The lowest BCUT2D eigenvalue weighted by molar-refractivity contribution is -0.0108. The lowest BCUT2D eigenvalue weighted by atomic mass is 10.2. The monoisotopic (exact) mass is 274 g/mol. The molecule has 1 aromatic rings. The first kappa shape index (κ1) is 13.3. The molecule has 1 aliphatic rings. The standard InChI is InChI=1S/C10H15ClN4O3/c1-6-5-18-7(4-16)3-15(6)9-12-8(11)13-10(14-9)17-2/h6-7,16H,3-5H2,1-2H3. The van der Waals surface area contributed by atoms with E-state index in [0.29, 0.717) is 19.1 Å². The molecule has 7 nitrogen and oxygen atoms in total. The zero-order valence-corrected chi connectivity index (χ0v) is 11.0. The zero-order chi connectivity index (χ0) is 13.1. The first-order chi connectivity index (χ1) is 8.63. The molecule has 8 heteroatoms. The summed E-state index contributed by atoms with van der Waals surface area (Å²) in [7, 11) is 1.47. The quantitative estimate of drug-likeness (QED) is 0.838. The lowest BCUT2D eigenvalue weighted by Crippen LogP contribution is -2.50. The van der Waals surface area contributed by atoms with Crippen LogP contribution in [-0.4, -0.2) is 59.1 Å². The molecule has 1 fully saturated rings. The minimum atomic E-state index is -0.247. The van der Waals surface area contributed by atoms with Crippen LogP contribution in [0.4, 0.5) is 5.95 Å². The Balaban J connectivity index is 2.25. The summed E-state index contributed by atoms with van der Waals surface area (Å²) in [5.74, 6) is 0.432. The second-order valence-corrected chi connectivity index (χ2v) is 4.37. The SMILES string of the molecule is COc1nc(Cl)nc(N2CC(CO)OCC2C)n1. The Labute approximate surface area is 110 Å². The summed E-state index contributed by atoms with van der Waals surface area (Å²) >= 11 is 5.82. The van der Waals surface area contributed by atoms with Crippen LogP contribution in [0.5, 0.6) is 6.01 Å². The summed E-state index contributed by atoms with van der Waals surface area (Å²) in [5, 5.41) is 9.22. The maximum atomic E-state index is 9.14. The van der Waals surface area contributed by atoms with E-state index in [9.17, 15) is 0 Å². The molecule has 0 spiro atoms. The molecule has 0 radical (unpaired) electrons. The van der Waals surface area contributed by atoms with Gasteiger partial charge in [-0.05, 0) is 18.5 Å². The van der Waals surface area contributed by atoms with Crippen molar-refractivity contribution in [2.24, 2.45) is 0 Å². The van der Waals surface area contributed by atoms with Crippen LogP contribution < -0.4 is 9.64 Å². The molecule has 0 bridgehead atoms. The largest absolute Gasteiger partial charge is 0.467 e. The van der Waals surface area contributed by atoms with Gasteiger partial charge in [0, 0.05) is 6.54 Å². The highest BCUT2D eigenvalue weighted by molar-refractivity contribution is 6.28. The molecule has 100 valence electrons. The highest BCUT2D eigenvalue weighted by atomic mass is 35.5. The summed E-state index contributed by atoms with van der Waals surface area (Å²) in [4.78, 5) is 14.0. The second-order valence-electron chi connectivity index (χ2n) is 4.03. The van der Waals surface area contributed by atoms with E-state index in [0.717, 1.165) is 0 Å². The molecule has 1 aromatic heterocycles. The summed E-state index contributed by atoms with van der Waals surface area (Å²) in [5.41, 5.74) is 0. The van der Waals surface area contributed by atoms with Crippen LogP contribution in [0.2, 0.25) is 5.28 Å². The molecular formula is C10H15ClN4O3. The van der Waals surface area contributed by atoms with Gasteiger partial charge in [-0.2, -0.15) is 15.0 Å². The van der Waals surface area contributed by atoms with Gasteiger partial charge in [0.15, 0.2) is 0 Å². The number of methoxy groups -OCH3 is 1. The molecule has 0 amide bonds. The predicted molar refractivity (Wildman–Crippen MR) is 65.0 cm³/mol. The fourth-order valence-corrected chi connectivity index (χ4v) is 1.90. The van der Waals surface area contributed by atoms with Crippen molar-refractivity contribution in [3.05, 3.63) is 5.28 Å². The van der Waals surface area contributed by atoms with Crippen LogP contribution >= 0.6 is 11.6 Å². The number of hydrogen-bond acceptors (Lipinski definition) is 7. The normalized spacial score (nSPS) is 24.1. The number of aliphatic hydroxyl groups is 1. The maximum Gasteiger partial charge on any atom is 0.322 e. The molecular weight excluding hydrogens is 260 g/mol. The summed E-state index contributed by atoms with van der Waals surface area (Å²) in [6.45, 7) is 2.94. The van der Waals surface area contributed by atoms with Crippen LogP contribution in [0, 0.1) is 0 Å². The maximum absolute atomic E-state index is 9.14. The number of morpholine rings is 1. The molecule has 0 aliphatic carbocycles. The number of aliphatic hydroxyl groups excluding tert-OH is 1. The fraction of sp³-hybridized carbons (Fsp3) is 0.700. The number of anilines is 1. The predicted octanol–water partition coefficient (Wildman–Crippen LogP) is 0.120. The molecule has 2 unspecified atom stereocenters. The summed E-state index contributed by atoms with van der Waals surface area (Å²) in [6.07, 6.45) is -0.247. The van der Waals surface area contributed by atoms with Crippen LogP contribution in [0.15, 0.2) is 0 Å². The van der Waals surface area contributed by atoms with Crippen LogP contribution in [0.3, 0.4) is 0 Å². The van der Waals surface area contributed by atoms with E-state index in [1.165, 1.54) is 7.11 Å². The van der Waals surface area contributed by atoms with Gasteiger partial charge in [-0.25, -0.2) is 0 Å². The Kier molecular flexibility index (Phi) is 4.15. The van der Waals surface area contributed by atoms with Crippen molar-refractivity contribution < 1.29 is 14.6 Å². The summed E-state index contributed by atoms with van der Waals surface area (Å²) in [6, 6.07) is 0.264. The zero-order valence-electron chi connectivity index (χ0n) is 10.2. The van der Waals surface area contributed by atoms with Gasteiger partial charge in [-0.15, -0.1) is 0 Å². The van der Waals surface area contributed by atoms with Gasteiger partial charge in [0.25, 0.3) is 0 Å². The Morgan fingerprint density at radius 1 is 1.50 bits per heavy atom. The highest BCUT2D eigenvalue weighted by Gasteiger charge is 2.28. The third-order valence-corrected chi connectivity index (χ3v) is 2.89. The van der Waals surface area contributed by atoms with E-state index in [-0.39, 0.29) is 30.0 Å². The average Bonchev–Trinajstić information content (AvgIpc) is 2.38. The Morgan fingerprint density at radius 2 is 2.28 bits per heavy atom. The summed E-state index contributed by atoms with van der Waals surface area (Å²) < 4.78 is 10.4. The molecule has 1 saturated heterocycles. The molecule has 18 heavy (non-hydrogen) atoms. The van der Waals surface area contributed by atoms with E-state index in [2.05, 4.69) is 15.0 Å². The van der Waals surface area contributed by atoms with Gasteiger partial charge in [-0.1, -0.05) is 0 Å². The number of nitrogens with zero attached hydrogens (tertiary/aromatic N) is 4. The molecule has 2 heterocycles. The van der Waals surface area contributed by atoms with E-state index in [1.54, 1.807) is 0 Å². The van der Waals surface area contributed by atoms with Crippen molar-refractivity contribution in [3.63, 3.8) is 0 Å². The van der Waals surface area contributed by atoms with Gasteiger partial charge in [-0.3, -0.25) is 0 Å². The number of rotatable bonds is 3. The Bertz CT molecular complexity index is 420. The number of hydrogen-bond donors (Lipinski definition) is 1. The van der Waals surface area contributed by atoms with Crippen LogP contribution in [0.1, 0.15) is 6.92 Å². The third kappa shape index (κ3) is 2.80. The van der Waals surface area contributed by atoms with Crippen LogP contribution in [0.25, 0.3) is 0 Å². The molecule has 1 N–H and O–H groups in total. The average molecular weight is 275 g/mol. The van der Waals surface area contributed by atoms with Gasteiger partial charge in [0.1, 0.15) is 0 Å². The third-order valence-electron chi connectivity index (χ3n) is 2.72. The minimum absolute atomic E-state index is 0.0425. The number of halogens is 1. The molecule has 2 atom stereocenters. The van der Waals surface area contributed by atoms with Crippen molar-refractivity contribution in [1.29, 1.82) is 0 Å². The van der Waals surface area contributed by atoms with E-state index in [4.69, 9.17) is 26.2 Å². The van der Waals surface area contributed by atoms with Crippen molar-refractivity contribution in [1.82, 2.24) is 15.0 Å². The molecule has 2 rings (SSSR count). The van der Waals surface area contributed by atoms with E-state index >= 15 is 0 Å². The number of ether oxygens (including phenoxy) is 2. The lowest BCUT2D eigenvalue weighted by Gasteiger charge is -2.37. The van der Waals surface area contributed by atoms with Crippen LogP contribution in [-0.2, 0) is 4.74 Å². The topological polar surface area (TPSA) is 80.6 Å². The van der Waals surface area contributed by atoms with Gasteiger partial charge < -0.3 is 19.5 Å². The first-order valence-electron chi connectivity index (χ1n) is 5.58. The first-order valence-corrected chi connectivity index (χ1v) is 5.96. The van der Waals surface area contributed by atoms with Gasteiger partial charge in [0.2, 0.25) is 11.2 Å². The fourth-order valence-electron chi connectivity index (χ4n) is 1.75. The van der Waals surface area contributed by atoms with Crippen molar-refractivity contribution >= 4 is 17.5 Å². The van der Waals surface area contributed by atoms with Crippen molar-refractivity contribution in [2.45, 2.75) is 19.1 Å². The molecule has 0 aromatic carbocycles. The van der Waals surface area contributed by atoms with Gasteiger partial charge in [0.05, 0.1) is 32.5 Å². The van der Waals surface area contributed by atoms with E-state index in [1.807, 2.05) is 11.8 Å². The highest BCUT2D eigenvalue weighted by Crippen LogP contribution is 2.20. The van der Waals surface area contributed by atoms with Crippen molar-refractivity contribution in [2.75, 3.05) is 31.8 Å². The Hall–Kier alpha value is -1.18. The molecule has 1 aliphatic heterocycles. The van der Waals surface area contributed by atoms with E-state index < -0.39 is 0 Å². The number of aromatic nitrogens is 3. The molecule has 0 saturated carbocycles. The van der Waals surface area contributed by atoms with Crippen molar-refractivity contribution in [3.8, 4) is 6.01 Å².